The summed E-state index contributed by atoms with van der Waals surface area (Å²) in [6.45, 7) is 9.99. The zero-order valence-electron chi connectivity index (χ0n) is 40.4. The maximum atomic E-state index is 15.4. The first-order chi connectivity index (χ1) is 34.3. The van der Waals surface area contributed by atoms with E-state index < -0.39 is 36.1 Å². The fourth-order valence-corrected chi connectivity index (χ4v) is 13.2. The van der Waals surface area contributed by atoms with Gasteiger partial charge in [-0.3, -0.25) is 44.1 Å². The Morgan fingerprint density at radius 1 is 0.859 bits per heavy atom. The normalized spacial score (nSPS) is 26.0. The summed E-state index contributed by atoms with van der Waals surface area (Å²) in [7, 11) is 2.10. The number of aromatic nitrogens is 1. The average Bonchev–Trinajstić information content (AvgIpc) is 3.98. The number of carbonyl (C=O) groups is 5. The molecule has 370 valence electrons. The smallest absolute Gasteiger partial charge is 0.265 e. The Kier molecular flexibility index (Phi) is 11.4. The maximum Gasteiger partial charge on any atom is 0.265 e. The number of anilines is 4. The molecule has 4 fully saturated rings. The van der Waals surface area contributed by atoms with E-state index in [1.165, 1.54) is 5.56 Å². The summed E-state index contributed by atoms with van der Waals surface area (Å²) in [5.74, 6) is -0.361. The van der Waals surface area contributed by atoms with Gasteiger partial charge < -0.3 is 24.5 Å². The van der Waals surface area contributed by atoms with Crippen molar-refractivity contribution in [2.24, 2.45) is 16.9 Å². The number of pyridine rings is 1. The van der Waals surface area contributed by atoms with Crippen molar-refractivity contribution in [2.75, 3.05) is 93.7 Å². The maximum absolute atomic E-state index is 15.4. The highest BCUT2D eigenvalue weighted by molar-refractivity contribution is 6.23. The molecule has 1 unspecified atom stereocenters. The number of piperazine rings is 1. The first-order valence-electron chi connectivity index (χ1n) is 25.5. The number of nitrogens with one attached hydrogen (secondary N) is 1. The molecule has 1 saturated carbocycles. The molecule has 71 heavy (non-hydrogen) atoms. The zero-order valence-corrected chi connectivity index (χ0v) is 40.4. The number of nitrogens with zero attached hydrogens (tertiary/aromatic N) is 10. The van der Waals surface area contributed by atoms with E-state index in [1.807, 2.05) is 29.4 Å². The van der Waals surface area contributed by atoms with Crippen molar-refractivity contribution in [3.8, 4) is 0 Å². The van der Waals surface area contributed by atoms with Crippen molar-refractivity contribution in [3.05, 3.63) is 87.9 Å². The Labute approximate surface area is 411 Å². The van der Waals surface area contributed by atoms with Crippen molar-refractivity contribution in [1.82, 2.24) is 29.9 Å². The topological polar surface area (TPSA) is 148 Å². The van der Waals surface area contributed by atoms with Gasteiger partial charge in [0, 0.05) is 118 Å². The number of rotatable bonds is 7. The highest BCUT2D eigenvalue weighted by Gasteiger charge is 2.51. The minimum atomic E-state index is -2.69. The van der Waals surface area contributed by atoms with Crippen LogP contribution in [0.2, 0.25) is 0 Å². The number of fused-ring (bicyclic) bond motifs is 4. The molecule has 18 heteroatoms. The van der Waals surface area contributed by atoms with E-state index in [9.17, 15) is 24.0 Å². The molecule has 0 bridgehead atoms. The number of hydrogen-bond donors (Lipinski definition) is 1. The van der Waals surface area contributed by atoms with Gasteiger partial charge in [0.2, 0.25) is 29.3 Å². The third-order valence-corrected chi connectivity index (χ3v) is 16.8. The standard InChI is InChI=1S/C53H59F2N11O5/c1-32(67)62-17-14-42-40(28-62)49(63-16-3-4-35-22-45(39(48(54)55)24-44(35)63)64-31-53(29-59(2)30-53)41-13-15-56-25-46(41)64)58-65(42)27-34-7-5-33(6-8-34)26-60-18-20-61(21-19-60)36-9-10-37-38(23-36)52(71)66(51(37)70)43-11-12-47(68)57-50(43)69/h9-10,13,15,22-25,27,33-34,43,48H,3-8,11-12,14,16-21,26,28-31H2,1-2H3/p+1/b65-27-. The Morgan fingerprint density at radius 2 is 1.65 bits per heavy atom. The van der Waals surface area contributed by atoms with E-state index in [2.05, 4.69) is 58.8 Å². The molecular weight excluding hydrogens is 909 g/mol. The van der Waals surface area contributed by atoms with Crippen molar-refractivity contribution >= 4 is 64.3 Å². The number of amidine groups is 1. The third kappa shape index (κ3) is 7.92. The SMILES string of the molecule is CC(=O)N1CCC2=C(C1)C(N1CCCc3cc(N4CC5(CN(C)C5)c5ccncc54)c(C(F)F)cc31)=N/[N+]2=C\C1CCC(CN2CCN(c3ccc4c(c3)C(=O)N(C3CCC(=O)NC3=O)C4=O)CC2)CC1. The molecule has 12 rings (SSSR count). The van der Waals surface area contributed by atoms with Gasteiger partial charge >= 0.3 is 0 Å². The number of likely N-dealkylation sites (tertiary alicyclic amines) is 1. The zero-order chi connectivity index (χ0) is 48.9. The van der Waals surface area contributed by atoms with Crippen LogP contribution in [0.4, 0.5) is 31.5 Å². The van der Waals surface area contributed by atoms with E-state index in [-0.39, 0.29) is 35.3 Å². The van der Waals surface area contributed by atoms with E-state index in [0.717, 1.165) is 129 Å². The minimum absolute atomic E-state index is 0.00930. The monoisotopic (exact) mass is 968 g/mol. The van der Waals surface area contributed by atoms with Gasteiger partial charge in [0.1, 0.15) is 6.04 Å². The number of carbonyl (C=O) groups excluding carboxylic acids is 5. The van der Waals surface area contributed by atoms with Crippen LogP contribution in [0.25, 0.3) is 0 Å². The molecule has 16 nitrogen and oxygen atoms in total. The van der Waals surface area contributed by atoms with Crippen LogP contribution in [-0.4, -0.2) is 156 Å². The molecular formula is C53H60F2N11O5+. The number of aryl methyl sites for hydroxylation is 1. The molecule has 1 spiro atoms. The molecule has 9 aliphatic rings. The van der Waals surface area contributed by atoms with Crippen LogP contribution in [0.1, 0.15) is 102 Å². The lowest BCUT2D eigenvalue weighted by Crippen LogP contribution is -2.59. The van der Waals surface area contributed by atoms with Gasteiger partial charge in [-0.2, -0.15) is 0 Å². The van der Waals surface area contributed by atoms with Crippen LogP contribution in [0.5, 0.6) is 0 Å². The number of hydrazone groups is 1. The van der Waals surface area contributed by atoms with E-state index >= 15 is 8.78 Å². The quantitative estimate of drug-likeness (QED) is 0.251. The van der Waals surface area contributed by atoms with E-state index in [1.54, 1.807) is 25.1 Å². The molecule has 1 aliphatic carbocycles. The van der Waals surface area contributed by atoms with Crippen LogP contribution in [0, 0.1) is 11.8 Å². The number of halogens is 2. The van der Waals surface area contributed by atoms with Crippen molar-refractivity contribution in [2.45, 2.75) is 82.6 Å². The fraction of sp³-hybridized carbons (Fsp3) is 0.509. The van der Waals surface area contributed by atoms with Gasteiger partial charge in [-0.25, -0.2) is 8.78 Å². The number of alkyl halides is 2. The minimum Gasteiger partial charge on any atom is -0.369 e. The van der Waals surface area contributed by atoms with E-state index in [0.29, 0.717) is 55.7 Å². The van der Waals surface area contributed by atoms with Gasteiger partial charge in [0.15, 0.2) is 6.21 Å². The predicted octanol–water partition coefficient (Wildman–Crippen LogP) is 5.05. The van der Waals surface area contributed by atoms with Gasteiger partial charge in [-0.1, -0.05) is 4.68 Å². The Balaban J connectivity index is 0.718. The second-order valence-corrected chi connectivity index (χ2v) is 21.3. The molecule has 8 aliphatic heterocycles. The van der Waals surface area contributed by atoms with Gasteiger partial charge in [-0.05, 0) is 105 Å². The molecule has 5 amide bonds. The summed E-state index contributed by atoms with van der Waals surface area (Å²) < 4.78 is 32.8. The van der Waals surface area contributed by atoms with Crippen LogP contribution in [-0.2, 0) is 26.2 Å². The van der Waals surface area contributed by atoms with Crippen LogP contribution in [0.15, 0.2) is 65.2 Å². The fourth-order valence-electron chi connectivity index (χ4n) is 13.2. The summed E-state index contributed by atoms with van der Waals surface area (Å²) in [5.41, 5.74) is 7.88. The van der Waals surface area contributed by atoms with Crippen molar-refractivity contribution < 1.29 is 37.4 Å². The lowest BCUT2D eigenvalue weighted by molar-refractivity contribution is -0.479. The van der Waals surface area contributed by atoms with Crippen molar-refractivity contribution in [3.63, 3.8) is 0 Å². The van der Waals surface area contributed by atoms with Crippen LogP contribution >= 0.6 is 0 Å². The molecule has 3 saturated heterocycles. The van der Waals surface area contributed by atoms with E-state index in [4.69, 9.17) is 5.10 Å². The number of imide groups is 2. The average molecular weight is 969 g/mol. The molecule has 0 radical (unpaired) electrons. The molecule has 9 heterocycles. The summed E-state index contributed by atoms with van der Waals surface area (Å²) in [4.78, 5) is 82.3. The Morgan fingerprint density at radius 3 is 2.39 bits per heavy atom. The highest BCUT2D eigenvalue weighted by atomic mass is 19.3. The molecule has 1 N–H and O–H groups in total. The van der Waals surface area contributed by atoms with Crippen LogP contribution in [0.3, 0.4) is 0 Å². The lowest BCUT2D eigenvalue weighted by Gasteiger charge is -2.46. The first-order valence-corrected chi connectivity index (χ1v) is 25.5. The third-order valence-electron chi connectivity index (χ3n) is 16.8. The van der Waals surface area contributed by atoms with Gasteiger partial charge in [0.25, 0.3) is 18.2 Å². The summed E-state index contributed by atoms with van der Waals surface area (Å²) in [6, 6.07) is 10.1. The second kappa shape index (κ2) is 17.7. The number of likely N-dealkylation sites (N-methyl/N-ethyl adjacent to an activating group) is 1. The highest BCUT2D eigenvalue weighted by Crippen LogP contribution is 2.51. The molecule has 1 atom stereocenters. The van der Waals surface area contributed by atoms with Gasteiger partial charge in [-0.15, -0.1) is 0 Å². The van der Waals surface area contributed by atoms with Crippen molar-refractivity contribution in [1.29, 1.82) is 0 Å². The number of amides is 5. The van der Waals surface area contributed by atoms with Gasteiger partial charge in [0.05, 0.1) is 47.2 Å². The Hall–Kier alpha value is -6.40. The largest absolute Gasteiger partial charge is 0.369 e. The molecule has 1 aromatic heterocycles. The Bertz CT molecular complexity index is 2860. The lowest BCUT2D eigenvalue weighted by atomic mass is 9.76. The molecule has 3 aromatic rings. The summed E-state index contributed by atoms with van der Waals surface area (Å²) >= 11 is 0. The second-order valence-electron chi connectivity index (χ2n) is 21.3. The number of piperidine rings is 1. The molecule has 2 aromatic carbocycles. The number of hydrogen-bond acceptors (Lipinski definition) is 12. The van der Waals surface area contributed by atoms with Crippen LogP contribution < -0.4 is 20.0 Å². The predicted molar refractivity (Wildman–Crippen MR) is 262 cm³/mol. The summed E-state index contributed by atoms with van der Waals surface area (Å²) in [5, 5.41) is 7.57. The first kappa shape index (κ1) is 45.7. The summed E-state index contributed by atoms with van der Waals surface area (Å²) in [6.07, 6.45) is 9.97. The number of benzene rings is 2.